The van der Waals surface area contributed by atoms with Gasteiger partial charge in [-0.1, -0.05) is 6.07 Å². The lowest BCUT2D eigenvalue weighted by molar-refractivity contribution is 0.103. The SMILES string of the molecule is CSc1cccc(NC(=O)c2sc(C)nc2C)c1. The van der Waals surface area contributed by atoms with Gasteiger partial charge in [0.2, 0.25) is 0 Å². The Bertz CT molecular complexity index is 578. The van der Waals surface area contributed by atoms with Crippen LogP contribution in [0.25, 0.3) is 0 Å². The first-order valence-electron chi connectivity index (χ1n) is 5.49. The van der Waals surface area contributed by atoms with E-state index in [4.69, 9.17) is 0 Å². The fraction of sp³-hybridized carbons (Fsp3) is 0.231. The molecule has 3 nitrogen and oxygen atoms in total. The predicted octanol–water partition coefficient (Wildman–Crippen LogP) is 3.73. The molecule has 0 bridgehead atoms. The molecule has 5 heteroatoms. The number of hydrogen-bond acceptors (Lipinski definition) is 4. The minimum absolute atomic E-state index is 0.0867. The maximum atomic E-state index is 12.1. The van der Waals surface area contributed by atoms with E-state index in [1.54, 1.807) is 11.8 Å². The van der Waals surface area contributed by atoms with Gasteiger partial charge in [0, 0.05) is 10.6 Å². The van der Waals surface area contributed by atoms with Crippen molar-refractivity contribution in [3.05, 3.63) is 39.8 Å². The molecular weight excluding hydrogens is 264 g/mol. The average Bonchev–Trinajstić information content (AvgIpc) is 2.69. The van der Waals surface area contributed by atoms with Gasteiger partial charge in [0.1, 0.15) is 4.88 Å². The first kappa shape index (κ1) is 13.1. The third kappa shape index (κ3) is 2.91. The third-order valence-corrected chi connectivity index (χ3v) is 4.23. The molecule has 0 spiro atoms. The van der Waals surface area contributed by atoms with Crippen LogP contribution in [0.5, 0.6) is 0 Å². The molecule has 1 aromatic heterocycles. The number of hydrogen-bond donors (Lipinski definition) is 1. The predicted molar refractivity (Wildman–Crippen MR) is 77.8 cm³/mol. The Hall–Kier alpha value is -1.33. The fourth-order valence-corrected chi connectivity index (χ4v) is 2.91. The molecule has 18 heavy (non-hydrogen) atoms. The summed E-state index contributed by atoms with van der Waals surface area (Å²) in [6, 6.07) is 7.81. The van der Waals surface area contributed by atoms with Gasteiger partial charge < -0.3 is 5.32 Å². The molecule has 1 heterocycles. The number of thiazole rings is 1. The lowest BCUT2D eigenvalue weighted by Gasteiger charge is -2.05. The second-order valence-corrected chi connectivity index (χ2v) is 5.92. The maximum Gasteiger partial charge on any atom is 0.267 e. The van der Waals surface area contributed by atoms with Crippen molar-refractivity contribution in [2.24, 2.45) is 0 Å². The van der Waals surface area contributed by atoms with Gasteiger partial charge in [-0.15, -0.1) is 23.1 Å². The summed E-state index contributed by atoms with van der Waals surface area (Å²) in [4.78, 5) is 18.2. The number of nitrogens with one attached hydrogen (secondary N) is 1. The van der Waals surface area contributed by atoms with Crippen LogP contribution in [0.3, 0.4) is 0 Å². The molecule has 0 aliphatic carbocycles. The Kier molecular flexibility index (Phi) is 4.04. The number of rotatable bonds is 3. The minimum Gasteiger partial charge on any atom is -0.321 e. The van der Waals surface area contributed by atoms with E-state index in [1.165, 1.54) is 11.3 Å². The first-order valence-corrected chi connectivity index (χ1v) is 7.53. The van der Waals surface area contributed by atoms with Gasteiger partial charge in [-0.05, 0) is 38.3 Å². The van der Waals surface area contributed by atoms with Crippen LogP contribution in [0.15, 0.2) is 29.2 Å². The number of carbonyl (C=O) groups is 1. The third-order valence-electron chi connectivity index (χ3n) is 2.44. The van der Waals surface area contributed by atoms with E-state index >= 15 is 0 Å². The van der Waals surface area contributed by atoms with Crippen molar-refractivity contribution < 1.29 is 4.79 Å². The molecule has 0 radical (unpaired) electrons. The van der Waals surface area contributed by atoms with Gasteiger partial charge in [0.15, 0.2) is 0 Å². The lowest BCUT2D eigenvalue weighted by Crippen LogP contribution is -2.11. The van der Waals surface area contributed by atoms with Crippen LogP contribution < -0.4 is 5.32 Å². The molecule has 0 fully saturated rings. The highest BCUT2D eigenvalue weighted by molar-refractivity contribution is 7.98. The van der Waals surface area contributed by atoms with Crippen LogP contribution in [-0.4, -0.2) is 17.1 Å². The van der Waals surface area contributed by atoms with Crippen LogP contribution in [0.4, 0.5) is 5.69 Å². The van der Waals surface area contributed by atoms with Crippen molar-refractivity contribution in [2.45, 2.75) is 18.7 Å². The zero-order chi connectivity index (χ0) is 13.1. The molecule has 0 atom stereocenters. The largest absolute Gasteiger partial charge is 0.321 e. The van der Waals surface area contributed by atoms with Crippen molar-refractivity contribution in [3.8, 4) is 0 Å². The van der Waals surface area contributed by atoms with E-state index in [-0.39, 0.29) is 5.91 Å². The smallest absolute Gasteiger partial charge is 0.267 e. The summed E-state index contributed by atoms with van der Waals surface area (Å²) in [5, 5.41) is 3.82. The van der Waals surface area contributed by atoms with E-state index in [0.717, 1.165) is 21.3 Å². The van der Waals surface area contributed by atoms with Gasteiger partial charge in [-0.25, -0.2) is 4.98 Å². The lowest BCUT2D eigenvalue weighted by atomic mass is 10.3. The minimum atomic E-state index is -0.0867. The number of aromatic nitrogens is 1. The molecule has 0 aliphatic rings. The molecule has 0 unspecified atom stereocenters. The number of carbonyl (C=O) groups excluding carboxylic acids is 1. The summed E-state index contributed by atoms with van der Waals surface area (Å²) in [6.45, 7) is 3.76. The average molecular weight is 278 g/mol. The summed E-state index contributed by atoms with van der Waals surface area (Å²) >= 11 is 3.08. The highest BCUT2D eigenvalue weighted by Crippen LogP contribution is 2.22. The van der Waals surface area contributed by atoms with E-state index in [0.29, 0.717) is 4.88 Å². The van der Waals surface area contributed by atoms with Crippen molar-refractivity contribution >= 4 is 34.7 Å². The Morgan fingerprint density at radius 3 is 2.78 bits per heavy atom. The van der Waals surface area contributed by atoms with Crippen molar-refractivity contribution in [1.29, 1.82) is 0 Å². The molecule has 1 amide bonds. The van der Waals surface area contributed by atoms with E-state index in [9.17, 15) is 4.79 Å². The monoisotopic (exact) mass is 278 g/mol. The Morgan fingerprint density at radius 1 is 1.39 bits per heavy atom. The van der Waals surface area contributed by atoms with Crippen LogP contribution in [0.1, 0.15) is 20.4 Å². The zero-order valence-electron chi connectivity index (χ0n) is 10.5. The van der Waals surface area contributed by atoms with Gasteiger partial charge in [0.25, 0.3) is 5.91 Å². The number of thioether (sulfide) groups is 1. The number of nitrogens with zero attached hydrogens (tertiary/aromatic N) is 1. The number of amides is 1. The zero-order valence-corrected chi connectivity index (χ0v) is 12.1. The summed E-state index contributed by atoms with van der Waals surface area (Å²) in [5.74, 6) is -0.0867. The molecule has 1 N–H and O–H groups in total. The summed E-state index contributed by atoms with van der Waals surface area (Å²) < 4.78 is 0. The molecule has 0 saturated heterocycles. The summed E-state index contributed by atoms with van der Waals surface area (Å²) in [5.41, 5.74) is 1.60. The van der Waals surface area contributed by atoms with Crippen LogP contribution in [-0.2, 0) is 0 Å². The van der Waals surface area contributed by atoms with Crippen molar-refractivity contribution in [1.82, 2.24) is 4.98 Å². The number of aryl methyl sites for hydroxylation is 2. The second kappa shape index (κ2) is 5.54. The molecule has 1 aromatic carbocycles. The van der Waals surface area contributed by atoms with E-state index in [1.807, 2.05) is 44.4 Å². The van der Waals surface area contributed by atoms with Crippen molar-refractivity contribution in [3.63, 3.8) is 0 Å². The van der Waals surface area contributed by atoms with Crippen LogP contribution in [0.2, 0.25) is 0 Å². The van der Waals surface area contributed by atoms with Gasteiger partial charge in [-0.2, -0.15) is 0 Å². The van der Waals surface area contributed by atoms with Crippen LogP contribution >= 0.6 is 23.1 Å². The Balaban J connectivity index is 2.18. The topological polar surface area (TPSA) is 42.0 Å². The quantitative estimate of drug-likeness (QED) is 0.870. The summed E-state index contributed by atoms with van der Waals surface area (Å²) in [6.07, 6.45) is 2.01. The number of anilines is 1. The number of benzene rings is 1. The highest BCUT2D eigenvalue weighted by atomic mass is 32.2. The Morgan fingerprint density at radius 2 is 2.17 bits per heavy atom. The Labute approximate surface area is 115 Å². The van der Waals surface area contributed by atoms with Gasteiger partial charge in [-0.3, -0.25) is 4.79 Å². The van der Waals surface area contributed by atoms with E-state index in [2.05, 4.69) is 10.3 Å². The summed E-state index contributed by atoms with van der Waals surface area (Å²) in [7, 11) is 0. The molecule has 2 aromatic rings. The van der Waals surface area contributed by atoms with Crippen molar-refractivity contribution in [2.75, 3.05) is 11.6 Å². The van der Waals surface area contributed by atoms with Gasteiger partial charge in [0.05, 0.1) is 10.7 Å². The molecular formula is C13H14N2OS2. The second-order valence-electron chi connectivity index (χ2n) is 3.83. The van der Waals surface area contributed by atoms with Crippen LogP contribution in [0, 0.1) is 13.8 Å². The first-order chi connectivity index (χ1) is 8.60. The molecule has 2 rings (SSSR count). The van der Waals surface area contributed by atoms with Gasteiger partial charge >= 0.3 is 0 Å². The fourth-order valence-electron chi connectivity index (χ4n) is 1.63. The molecule has 0 saturated carbocycles. The van der Waals surface area contributed by atoms with E-state index < -0.39 is 0 Å². The normalized spacial score (nSPS) is 10.4. The highest BCUT2D eigenvalue weighted by Gasteiger charge is 2.13. The molecule has 0 aliphatic heterocycles. The standard InChI is InChI=1S/C13H14N2OS2/c1-8-12(18-9(2)14-8)13(16)15-10-5-4-6-11(7-10)17-3/h4-7H,1-3H3,(H,15,16). The molecule has 94 valence electrons. The maximum absolute atomic E-state index is 12.1.